The molecular weight excluding hydrogens is 304 g/mol. The fraction of sp³-hybridized carbons (Fsp3) is 0. The van der Waals surface area contributed by atoms with Gasteiger partial charge in [0.15, 0.2) is 0 Å². The van der Waals surface area contributed by atoms with Crippen molar-refractivity contribution in [1.82, 2.24) is 0 Å². The Morgan fingerprint density at radius 3 is 2.22 bits per heavy atom. The largest absolute Gasteiger partial charge is 0.284 e. The number of hydrogen-bond donors (Lipinski definition) is 0. The van der Waals surface area contributed by atoms with Crippen molar-refractivity contribution in [3.8, 4) is 6.07 Å². The lowest BCUT2D eigenvalue weighted by molar-refractivity contribution is -0.113. The fourth-order valence-electron chi connectivity index (χ4n) is 2.08. The lowest BCUT2D eigenvalue weighted by Gasteiger charge is -1.98. The minimum Gasteiger partial charge on any atom is -0.266 e. The number of carbonyl (C=O) groups excluding carboxylic acids is 1. The Morgan fingerprint density at radius 1 is 1.00 bits per heavy atom. The molecule has 1 aliphatic heterocycles. The third-order valence-electron chi connectivity index (χ3n) is 3.18. The van der Waals surface area contributed by atoms with Gasteiger partial charge >= 0.3 is 0 Å². The molecule has 0 atom stereocenters. The summed E-state index contributed by atoms with van der Waals surface area (Å²) in [6.45, 7) is 0. The van der Waals surface area contributed by atoms with Crippen LogP contribution in [0.15, 0.2) is 76.1 Å². The standard InChI is InChI=1S/C19H12N2OS/c20-13-16(11-14-7-3-1-4-8-14)19-21-18(22)17(23-19)12-15-9-5-2-6-10-15/h1-12H. The van der Waals surface area contributed by atoms with Crippen LogP contribution in [0.25, 0.3) is 12.2 Å². The zero-order valence-electron chi connectivity index (χ0n) is 12.1. The van der Waals surface area contributed by atoms with Gasteiger partial charge in [0.2, 0.25) is 0 Å². The highest BCUT2D eigenvalue weighted by molar-refractivity contribution is 8.19. The third kappa shape index (κ3) is 3.65. The number of thioether (sulfide) groups is 1. The van der Waals surface area contributed by atoms with Crippen LogP contribution in [-0.4, -0.2) is 11.0 Å². The van der Waals surface area contributed by atoms with Gasteiger partial charge in [-0.2, -0.15) is 5.26 Å². The molecule has 0 saturated carbocycles. The summed E-state index contributed by atoms with van der Waals surface area (Å²) >= 11 is 1.24. The first kappa shape index (κ1) is 15.0. The molecule has 0 bridgehead atoms. The first-order chi connectivity index (χ1) is 11.3. The van der Waals surface area contributed by atoms with E-state index < -0.39 is 0 Å². The molecule has 0 saturated heterocycles. The van der Waals surface area contributed by atoms with E-state index in [2.05, 4.69) is 11.1 Å². The molecular formula is C19H12N2OS. The Bertz CT molecular complexity index is 859. The number of benzene rings is 2. The highest BCUT2D eigenvalue weighted by Crippen LogP contribution is 2.32. The summed E-state index contributed by atoms with van der Waals surface area (Å²) in [5.74, 6) is -0.303. The van der Waals surface area contributed by atoms with Crippen molar-refractivity contribution in [2.45, 2.75) is 0 Å². The lowest BCUT2D eigenvalue weighted by atomic mass is 10.1. The van der Waals surface area contributed by atoms with Crippen molar-refractivity contribution in [2.75, 3.05) is 0 Å². The molecule has 23 heavy (non-hydrogen) atoms. The molecule has 2 aromatic rings. The molecule has 4 heteroatoms. The quantitative estimate of drug-likeness (QED) is 0.626. The maximum absolute atomic E-state index is 12.0. The predicted octanol–water partition coefficient (Wildman–Crippen LogP) is 4.31. The van der Waals surface area contributed by atoms with Crippen molar-refractivity contribution < 1.29 is 4.79 Å². The van der Waals surface area contributed by atoms with Crippen LogP contribution in [0.1, 0.15) is 11.1 Å². The summed E-state index contributed by atoms with van der Waals surface area (Å²) in [5, 5.41) is 9.81. The van der Waals surface area contributed by atoms with E-state index in [1.807, 2.05) is 60.7 Å². The van der Waals surface area contributed by atoms with Gasteiger partial charge < -0.3 is 0 Å². The number of nitriles is 1. The van der Waals surface area contributed by atoms with Gasteiger partial charge in [-0.25, -0.2) is 4.99 Å². The van der Waals surface area contributed by atoms with Gasteiger partial charge in [-0.15, -0.1) is 0 Å². The van der Waals surface area contributed by atoms with E-state index in [-0.39, 0.29) is 5.91 Å². The zero-order valence-corrected chi connectivity index (χ0v) is 13.0. The van der Waals surface area contributed by atoms with E-state index in [1.165, 1.54) is 11.8 Å². The first-order valence-electron chi connectivity index (χ1n) is 7.01. The minimum atomic E-state index is -0.303. The SMILES string of the molecule is N#CC(=Cc1ccccc1)C1=NC(=O)C(=Cc2ccccc2)S1. The van der Waals surface area contributed by atoms with Gasteiger partial charge in [-0.3, -0.25) is 4.79 Å². The van der Waals surface area contributed by atoms with Crippen LogP contribution in [0.4, 0.5) is 0 Å². The second-order valence-electron chi connectivity index (χ2n) is 4.82. The smallest absolute Gasteiger partial charge is 0.266 e. The Labute approximate surface area is 138 Å². The summed E-state index contributed by atoms with van der Waals surface area (Å²) in [4.78, 5) is 16.6. The highest BCUT2D eigenvalue weighted by Gasteiger charge is 2.24. The molecule has 0 radical (unpaired) electrons. The van der Waals surface area contributed by atoms with Gasteiger partial charge in [0.05, 0.1) is 10.5 Å². The van der Waals surface area contributed by atoms with Crippen LogP contribution in [0, 0.1) is 11.3 Å². The molecule has 1 heterocycles. The minimum absolute atomic E-state index is 0.303. The topological polar surface area (TPSA) is 53.2 Å². The Kier molecular flexibility index (Phi) is 4.51. The molecule has 0 spiro atoms. The van der Waals surface area contributed by atoms with Crippen LogP contribution >= 0.6 is 11.8 Å². The van der Waals surface area contributed by atoms with Gasteiger partial charge in [0.25, 0.3) is 5.91 Å². The molecule has 0 unspecified atom stereocenters. The van der Waals surface area contributed by atoms with Crippen LogP contribution in [0.5, 0.6) is 0 Å². The van der Waals surface area contributed by atoms with E-state index in [4.69, 9.17) is 0 Å². The number of rotatable bonds is 3. The van der Waals surface area contributed by atoms with E-state index in [9.17, 15) is 10.1 Å². The lowest BCUT2D eigenvalue weighted by Crippen LogP contribution is -1.92. The molecule has 0 fully saturated rings. The van der Waals surface area contributed by atoms with E-state index in [0.29, 0.717) is 15.5 Å². The van der Waals surface area contributed by atoms with Crippen molar-refractivity contribution in [3.05, 3.63) is 82.3 Å². The molecule has 0 aliphatic carbocycles. The van der Waals surface area contributed by atoms with Crippen LogP contribution in [0.2, 0.25) is 0 Å². The molecule has 110 valence electrons. The average molecular weight is 316 g/mol. The average Bonchev–Trinajstić information content (AvgIpc) is 2.95. The van der Waals surface area contributed by atoms with Crippen molar-refractivity contribution in [2.24, 2.45) is 4.99 Å². The van der Waals surface area contributed by atoms with Gasteiger partial charge in [0, 0.05) is 0 Å². The highest BCUT2D eigenvalue weighted by atomic mass is 32.2. The first-order valence-corrected chi connectivity index (χ1v) is 7.83. The summed E-state index contributed by atoms with van der Waals surface area (Å²) < 4.78 is 0. The summed E-state index contributed by atoms with van der Waals surface area (Å²) in [6.07, 6.45) is 3.53. The van der Waals surface area contributed by atoms with Crippen molar-refractivity contribution >= 4 is 34.9 Å². The van der Waals surface area contributed by atoms with E-state index in [0.717, 1.165) is 11.1 Å². The Balaban J connectivity index is 1.86. The van der Waals surface area contributed by atoms with Crippen LogP contribution < -0.4 is 0 Å². The molecule has 0 N–H and O–H groups in total. The monoisotopic (exact) mass is 316 g/mol. The van der Waals surface area contributed by atoms with Crippen molar-refractivity contribution in [1.29, 1.82) is 5.26 Å². The maximum atomic E-state index is 12.0. The summed E-state index contributed by atoms with van der Waals surface area (Å²) in [6, 6.07) is 21.2. The normalized spacial score (nSPS) is 16.3. The number of hydrogen-bond acceptors (Lipinski definition) is 3. The Hall–Kier alpha value is -2.90. The molecule has 2 aromatic carbocycles. The van der Waals surface area contributed by atoms with Crippen LogP contribution in [-0.2, 0) is 4.79 Å². The van der Waals surface area contributed by atoms with Crippen molar-refractivity contribution in [3.63, 3.8) is 0 Å². The number of carbonyl (C=O) groups is 1. The number of aliphatic imine (C=N–C) groups is 1. The second-order valence-corrected chi connectivity index (χ2v) is 5.85. The second kappa shape index (κ2) is 6.91. The van der Waals surface area contributed by atoms with Gasteiger partial charge in [0.1, 0.15) is 11.1 Å². The fourth-order valence-corrected chi connectivity index (χ4v) is 2.96. The number of nitrogens with zero attached hydrogens (tertiary/aromatic N) is 2. The van der Waals surface area contributed by atoms with E-state index >= 15 is 0 Å². The van der Waals surface area contributed by atoms with Crippen LogP contribution in [0.3, 0.4) is 0 Å². The molecule has 1 amide bonds. The van der Waals surface area contributed by atoms with Gasteiger partial charge in [-0.1, -0.05) is 72.4 Å². The molecule has 3 nitrogen and oxygen atoms in total. The van der Waals surface area contributed by atoms with E-state index in [1.54, 1.807) is 12.2 Å². The predicted molar refractivity (Wildman–Crippen MR) is 94.5 cm³/mol. The molecule has 0 aromatic heterocycles. The summed E-state index contributed by atoms with van der Waals surface area (Å²) in [5.41, 5.74) is 2.23. The summed E-state index contributed by atoms with van der Waals surface area (Å²) in [7, 11) is 0. The maximum Gasteiger partial charge on any atom is 0.284 e. The number of amides is 1. The Morgan fingerprint density at radius 2 is 1.61 bits per heavy atom. The van der Waals surface area contributed by atoms with Gasteiger partial charge in [-0.05, 0) is 23.3 Å². The zero-order chi connectivity index (χ0) is 16.1. The molecule has 3 rings (SSSR count). The third-order valence-corrected chi connectivity index (χ3v) is 4.20. The molecule has 1 aliphatic rings.